The van der Waals surface area contributed by atoms with Crippen LogP contribution in [0.2, 0.25) is 0 Å². The Balaban J connectivity index is 1.86. The van der Waals surface area contributed by atoms with Crippen LogP contribution in [0.4, 0.5) is 0 Å². The minimum atomic E-state index is -3.08. The van der Waals surface area contributed by atoms with E-state index in [9.17, 15) is 8.42 Å². The largest absolute Gasteiger partial charge is 0.443 e. The molecule has 1 aromatic rings. The van der Waals surface area contributed by atoms with Crippen molar-refractivity contribution in [3.05, 3.63) is 17.8 Å². The van der Waals surface area contributed by atoms with E-state index in [1.54, 1.807) is 10.5 Å². The van der Waals surface area contributed by atoms with Crippen molar-refractivity contribution in [1.29, 1.82) is 0 Å². The zero-order valence-electron chi connectivity index (χ0n) is 17.1. The molecular weight excluding hydrogens is 366 g/mol. The SMILES string of the molecule is CCNC(=NCc1ncc(C(C)(C)C)o1)NCC1CCN(S(C)(=O)=O)CC1. The Morgan fingerprint density at radius 3 is 2.52 bits per heavy atom. The summed E-state index contributed by atoms with van der Waals surface area (Å²) in [7, 11) is -3.08. The molecule has 1 aliphatic rings. The van der Waals surface area contributed by atoms with E-state index >= 15 is 0 Å². The van der Waals surface area contributed by atoms with E-state index in [0.29, 0.717) is 31.4 Å². The summed E-state index contributed by atoms with van der Waals surface area (Å²) >= 11 is 0. The van der Waals surface area contributed by atoms with Gasteiger partial charge >= 0.3 is 0 Å². The number of sulfonamides is 1. The highest BCUT2D eigenvalue weighted by Crippen LogP contribution is 2.23. The lowest BCUT2D eigenvalue weighted by molar-refractivity contribution is 0.275. The topological polar surface area (TPSA) is 99.8 Å². The second-order valence-corrected chi connectivity index (χ2v) is 10.0. The minimum absolute atomic E-state index is 0.0709. The van der Waals surface area contributed by atoms with Gasteiger partial charge in [0.1, 0.15) is 12.3 Å². The summed E-state index contributed by atoms with van der Waals surface area (Å²) in [6.45, 7) is 11.3. The normalized spacial score (nSPS) is 17.9. The van der Waals surface area contributed by atoms with E-state index in [4.69, 9.17) is 4.42 Å². The summed E-state index contributed by atoms with van der Waals surface area (Å²) in [5.41, 5.74) is -0.0709. The molecular formula is C18H33N5O3S. The van der Waals surface area contributed by atoms with Crippen molar-refractivity contribution in [2.24, 2.45) is 10.9 Å². The second kappa shape index (κ2) is 9.05. The number of hydrogen-bond acceptors (Lipinski definition) is 5. The van der Waals surface area contributed by atoms with Gasteiger partial charge < -0.3 is 15.1 Å². The average Bonchev–Trinajstić information content (AvgIpc) is 3.06. The lowest BCUT2D eigenvalue weighted by Crippen LogP contribution is -2.44. The van der Waals surface area contributed by atoms with Gasteiger partial charge in [0.15, 0.2) is 5.96 Å². The fourth-order valence-electron chi connectivity index (χ4n) is 2.90. The maximum absolute atomic E-state index is 11.6. The van der Waals surface area contributed by atoms with Crippen molar-refractivity contribution in [3.63, 3.8) is 0 Å². The number of aliphatic imine (C=N–C) groups is 1. The molecule has 0 amide bonds. The van der Waals surface area contributed by atoms with Crippen LogP contribution in [-0.2, 0) is 22.0 Å². The molecule has 0 unspecified atom stereocenters. The highest BCUT2D eigenvalue weighted by atomic mass is 32.2. The van der Waals surface area contributed by atoms with Crippen LogP contribution in [0.1, 0.15) is 52.2 Å². The summed E-state index contributed by atoms with van der Waals surface area (Å²) < 4.78 is 30.5. The summed E-state index contributed by atoms with van der Waals surface area (Å²) in [4.78, 5) is 8.85. The summed E-state index contributed by atoms with van der Waals surface area (Å²) in [6.07, 6.45) is 4.75. The zero-order valence-corrected chi connectivity index (χ0v) is 17.9. The smallest absolute Gasteiger partial charge is 0.216 e. The summed E-state index contributed by atoms with van der Waals surface area (Å²) in [5, 5.41) is 6.58. The molecule has 27 heavy (non-hydrogen) atoms. The van der Waals surface area contributed by atoms with Gasteiger partial charge in [-0.3, -0.25) is 0 Å². The highest BCUT2D eigenvalue weighted by Gasteiger charge is 2.25. The molecule has 0 atom stereocenters. The van der Waals surface area contributed by atoms with E-state index in [0.717, 1.165) is 37.7 Å². The molecule has 9 heteroatoms. The maximum Gasteiger partial charge on any atom is 0.216 e. The number of hydrogen-bond donors (Lipinski definition) is 2. The number of piperidine rings is 1. The third-order valence-corrected chi connectivity index (χ3v) is 5.91. The Morgan fingerprint density at radius 1 is 1.33 bits per heavy atom. The first kappa shape index (κ1) is 21.7. The third-order valence-electron chi connectivity index (χ3n) is 4.61. The number of guanidine groups is 1. The van der Waals surface area contributed by atoms with Crippen LogP contribution in [0.15, 0.2) is 15.6 Å². The standard InChI is InChI=1S/C18H33N5O3S/c1-6-19-17(22-13-16-20-12-15(26-16)18(2,3)4)21-11-14-7-9-23(10-8-14)27(5,24)25/h12,14H,6-11,13H2,1-5H3,(H2,19,21,22). The number of aromatic nitrogens is 1. The maximum atomic E-state index is 11.6. The fourth-order valence-corrected chi connectivity index (χ4v) is 3.78. The molecule has 154 valence electrons. The van der Waals surface area contributed by atoms with Crippen molar-refractivity contribution < 1.29 is 12.8 Å². The van der Waals surface area contributed by atoms with Crippen molar-refractivity contribution in [2.45, 2.75) is 52.5 Å². The van der Waals surface area contributed by atoms with Crippen molar-refractivity contribution in [1.82, 2.24) is 19.9 Å². The van der Waals surface area contributed by atoms with E-state index < -0.39 is 10.0 Å². The number of oxazole rings is 1. The molecule has 2 heterocycles. The molecule has 1 saturated heterocycles. The summed E-state index contributed by atoms with van der Waals surface area (Å²) in [5.74, 6) is 2.60. The van der Waals surface area contributed by atoms with Crippen molar-refractivity contribution >= 4 is 16.0 Å². The Kier molecular flexibility index (Phi) is 7.27. The van der Waals surface area contributed by atoms with Gasteiger partial charge in [0.25, 0.3) is 0 Å². The molecule has 0 saturated carbocycles. The molecule has 1 aliphatic heterocycles. The van der Waals surface area contributed by atoms with Crippen molar-refractivity contribution in [3.8, 4) is 0 Å². The van der Waals surface area contributed by atoms with E-state index in [2.05, 4.69) is 41.4 Å². The predicted molar refractivity (Wildman–Crippen MR) is 107 cm³/mol. The molecule has 1 fully saturated rings. The van der Waals surface area contributed by atoms with Gasteiger partial charge in [-0.15, -0.1) is 0 Å². The van der Waals surface area contributed by atoms with Gasteiger partial charge in [0.2, 0.25) is 15.9 Å². The number of rotatable bonds is 6. The zero-order chi connectivity index (χ0) is 20.1. The first-order valence-corrected chi connectivity index (χ1v) is 11.4. The summed E-state index contributed by atoms with van der Waals surface area (Å²) in [6, 6.07) is 0. The molecule has 0 spiro atoms. The predicted octanol–water partition coefficient (Wildman–Crippen LogP) is 1.70. The lowest BCUT2D eigenvalue weighted by Gasteiger charge is -2.30. The molecule has 2 rings (SSSR count). The van der Waals surface area contributed by atoms with Gasteiger partial charge in [-0.2, -0.15) is 0 Å². The van der Waals surface area contributed by atoms with Gasteiger partial charge in [-0.05, 0) is 25.7 Å². The second-order valence-electron chi connectivity index (χ2n) is 8.05. The first-order valence-electron chi connectivity index (χ1n) is 9.52. The van der Waals surface area contributed by atoms with Gasteiger partial charge in [-0.1, -0.05) is 20.8 Å². The van der Waals surface area contributed by atoms with Gasteiger partial charge in [0.05, 0.1) is 12.5 Å². The minimum Gasteiger partial charge on any atom is -0.443 e. The van der Waals surface area contributed by atoms with E-state index in [1.165, 1.54) is 6.26 Å². The number of nitrogens with one attached hydrogen (secondary N) is 2. The van der Waals surface area contributed by atoms with E-state index in [-0.39, 0.29) is 5.41 Å². The van der Waals surface area contributed by atoms with Gasteiger partial charge in [-0.25, -0.2) is 22.7 Å². The van der Waals surface area contributed by atoms with Crippen molar-refractivity contribution in [2.75, 3.05) is 32.4 Å². The highest BCUT2D eigenvalue weighted by molar-refractivity contribution is 7.88. The fraction of sp³-hybridized carbons (Fsp3) is 0.778. The molecule has 2 N–H and O–H groups in total. The first-order chi connectivity index (χ1) is 12.6. The van der Waals surface area contributed by atoms with Crippen LogP contribution in [0.5, 0.6) is 0 Å². The monoisotopic (exact) mass is 399 g/mol. The molecule has 8 nitrogen and oxygen atoms in total. The van der Waals surface area contributed by atoms with Crippen LogP contribution < -0.4 is 10.6 Å². The molecule has 0 aromatic carbocycles. The lowest BCUT2D eigenvalue weighted by atomic mass is 9.94. The van der Waals surface area contributed by atoms with E-state index in [1.807, 2.05) is 6.92 Å². The van der Waals surface area contributed by atoms with Crippen LogP contribution in [-0.4, -0.2) is 56.1 Å². The molecule has 0 bridgehead atoms. The van der Waals surface area contributed by atoms with Crippen LogP contribution in [0, 0.1) is 5.92 Å². The molecule has 0 radical (unpaired) electrons. The Morgan fingerprint density at radius 2 is 2.00 bits per heavy atom. The van der Waals surface area contributed by atoms with Crippen LogP contribution >= 0.6 is 0 Å². The Bertz CT molecular complexity index is 728. The van der Waals surface area contributed by atoms with Crippen LogP contribution in [0.3, 0.4) is 0 Å². The quantitative estimate of drug-likeness (QED) is 0.558. The number of nitrogens with zero attached hydrogens (tertiary/aromatic N) is 3. The third kappa shape index (κ3) is 6.80. The molecule has 0 aliphatic carbocycles. The average molecular weight is 400 g/mol. The Labute approximate surface area is 162 Å². The van der Waals surface area contributed by atoms with Crippen LogP contribution in [0.25, 0.3) is 0 Å². The van der Waals surface area contributed by atoms with Gasteiger partial charge in [0, 0.05) is 31.6 Å². The Hall–Kier alpha value is -1.61. The molecule has 1 aromatic heterocycles.